The number of likely N-dealkylation sites (tertiary alicyclic amines) is 1. The normalized spacial score (nSPS) is 20.8. The molecule has 1 aliphatic heterocycles. The molecule has 0 radical (unpaired) electrons. The van der Waals surface area contributed by atoms with E-state index in [9.17, 15) is 9.59 Å². The highest BCUT2D eigenvalue weighted by atomic mass is 16.2. The third kappa shape index (κ3) is 2.16. The Kier molecular flexibility index (Phi) is 3.33. The van der Waals surface area contributed by atoms with Crippen molar-refractivity contribution in [2.24, 2.45) is 5.92 Å². The van der Waals surface area contributed by atoms with Crippen molar-refractivity contribution in [1.82, 2.24) is 15.1 Å². The van der Waals surface area contributed by atoms with Gasteiger partial charge >= 0.3 is 6.03 Å². The molecule has 0 aromatic rings. The van der Waals surface area contributed by atoms with Gasteiger partial charge in [0.05, 0.1) is 5.92 Å². The molecule has 0 aliphatic carbocycles. The Bertz CT molecular complexity index is 240. The summed E-state index contributed by atoms with van der Waals surface area (Å²) in [6, 6.07) is -0.0172. The first-order valence-corrected chi connectivity index (χ1v) is 4.74. The molecule has 0 saturated carbocycles. The van der Waals surface area contributed by atoms with Crippen molar-refractivity contribution in [3.8, 4) is 0 Å². The summed E-state index contributed by atoms with van der Waals surface area (Å²) in [5.41, 5.74) is 0. The fraction of sp³-hybridized carbons (Fsp3) is 0.778. The minimum atomic E-state index is -0.0381. The predicted molar refractivity (Wildman–Crippen MR) is 52.8 cm³/mol. The average Bonchev–Trinajstić information content (AvgIpc) is 2.64. The second-order valence-corrected chi connectivity index (χ2v) is 3.72. The number of carbonyl (C=O) groups is 2. The van der Waals surface area contributed by atoms with Crippen LogP contribution >= 0.6 is 0 Å². The van der Waals surface area contributed by atoms with Crippen LogP contribution in [0.4, 0.5) is 4.79 Å². The topological polar surface area (TPSA) is 52.7 Å². The summed E-state index contributed by atoms with van der Waals surface area (Å²) in [6.07, 6.45) is 0.763. The molecule has 1 atom stereocenters. The first kappa shape index (κ1) is 10.8. The molecule has 1 fully saturated rings. The van der Waals surface area contributed by atoms with Gasteiger partial charge in [-0.1, -0.05) is 0 Å². The number of hydrogen-bond donors (Lipinski definition) is 1. The molecule has 0 unspecified atom stereocenters. The second-order valence-electron chi connectivity index (χ2n) is 3.72. The molecule has 1 N–H and O–H groups in total. The molecular weight excluding hydrogens is 182 g/mol. The number of rotatable bonds is 1. The van der Waals surface area contributed by atoms with Crippen LogP contribution in [-0.4, -0.2) is 56.0 Å². The van der Waals surface area contributed by atoms with Gasteiger partial charge in [-0.05, 0) is 6.42 Å². The maximum atomic E-state index is 11.5. The van der Waals surface area contributed by atoms with E-state index >= 15 is 0 Å². The van der Waals surface area contributed by atoms with E-state index in [1.165, 1.54) is 4.90 Å². The molecule has 0 aromatic carbocycles. The zero-order chi connectivity index (χ0) is 10.7. The predicted octanol–water partition coefficient (Wildman–Crippen LogP) is -0.264. The maximum absolute atomic E-state index is 11.5. The third-order valence-electron chi connectivity index (χ3n) is 2.46. The lowest BCUT2D eigenvalue weighted by atomic mass is 10.1. The number of carbonyl (C=O) groups excluding carboxylic acids is 2. The summed E-state index contributed by atoms with van der Waals surface area (Å²) in [7, 11) is 5.06. The van der Waals surface area contributed by atoms with Crippen molar-refractivity contribution in [3.05, 3.63) is 0 Å². The van der Waals surface area contributed by atoms with Gasteiger partial charge in [-0.15, -0.1) is 0 Å². The highest BCUT2D eigenvalue weighted by Gasteiger charge is 2.30. The first-order valence-electron chi connectivity index (χ1n) is 4.74. The van der Waals surface area contributed by atoms with E-state index in [4.69, 9.17) is 0 Å². The molecular formula is C9H17N3O2. The van der Waals surface area contributed by atoms with Crippen LogP contribution in [0.3, 0.4) is 0 Å². The van der Waals surface area contributed by atoms with E-state index in [0.717, 1.165) is 6.42 Å². The van der Waals surface area contributed by atoms with Gasteiger partial charge < -0.3 is 15.1 Å². The lowest BCUT2D eigenvalue weighted by molar-refractivity contribution is -0.124. The Labute approximate surface area is 84.0 Å². The van der Waals surface area contributed by atoms with Crippen LogP contribution in [0.1, 0.15) is 6.42 Å². The summed E-state index contributed by atoms with van der Waals surface area (Å²) in [4.78, 5) is 26.1. The van der Waals surface area contributed by atoms with Gasteiger partial charge in [0, 0.05) is 34.2 Å². The van der Waals surface area contributed by atoms with Gasteiger partial charge in [-0.25, -0.2) is 4.79 Å². The number of urea groups is 1. The molecule has 1 aliphatic rings. The molecule has 5 heteroatoms. The second kappa shape index (κ2) is 4.30. The Morgan fingerprint density at radius 3 is 2.57 bits per heavy atom. The van der Waals surface area contributed by atoms with Crippen molar-refractivity contribution in [2.45, 2.75) is 6.42 Å². The van der Waals surface area contributed by atoms with Crippen molar-refractivity contribution in [2.75, 3.05) is 34.2 Å². The van der Waals surface area contributed by atoms with Crippen molar-refractivity contribution < 1.29 is 9.59 Å². The van der Waals surface area contributed by atoms with Crippen molar-refractivity contribution >= 4 is 11.9 Å². The molecule has 80 valence electrons. The van der Waals surface area contributed by atoms with Crippen LogP contribution in [0, 0.1) is 5.92 Å². The number of amides is 3. The highest BCUT2D eigenvalue weighted by Crippen LogP contribution is 2.16. The average molecular weight is 199 g/mol. The summed E-state index contributed by atoms with van der Waals surface area (Å²) in [6.45, 7) is 1.21. The van der Waals surface area contributed by atoms with E-state index in [1.54, 1.807) is 26.0 Å². The SMILES string of the molecule is CNC(=O)[C@H]1CCN(C(=O)N(C)C)C1. The molecule has 1 saturated heterocycles. The quantitative estimate of drug-likeness (QED) is 0.632. The van der Waals surface area contributed by atoms with Gasteiger partial charge in [0.1, 0.15) is 0 Å². The fourth-order valence-electron chi connectivity index (χ4n) is 1.63. The Morgan fingerprint density at radius 2 is 2.07 bits per heavy atom. The molecule has 3 amide bonds. The Balaban J connectivity index is 2.49. The monoisotopic (exact) mass is 199 g/mol. The lowest BCUT2D eigenvalue weighted by Crippen LogP contribution is -2.39. The third-order valence-corrected chi connectivity index (χ3v) is 2.46. The number of hydrogen-bond acceptors (Lipinski definition) is 2. The van der Waals surface area contributed by atoms with E-state index in [0.29, 0.717) is 13.1 Å². The zero-order valence-electron chi connectivity index (χ0n) is 8.91. The van der Waals surface area contributed by atoms with E-state index in [2.05, 4.69) is 5.32 Å². The first-order chi connectivity index (χ1) is 6.56. The van der Waals surface area contributed by atoms with Gasteiger partial charge in [-0.2, -0.15) is 0 Å². The van der Waals surface area contributed by atoms with Crippen LogP contribution in [0.25, 0.3) is 0 Å². The van der Waals surface area contributed by atoms with E-state index < -0.39 is 0 Å². The lowest BCUT2D eigenvalue weighted by Gasteiger charge is -2.20. The standard InChI is InChI=1S/C9H17N3O2/c1-10-8(13)7-4-5-12(6-7)9(14)11(2)3/h7H,4-6H2,1-3H3,(H,10,13)/t7-/m0/s1. The van der Waals surface area contributed by atoms with Crippen LogP contribution < -0.4 is 5.32 Å². The fourth-order valence-corrected chi connectivity index (χ4v) is 1.63. The van der Waals surface area contributed by atoms with Gasteiger partial charge in [0.15, 0.2) is 0 Å². The summed E-state index contributed by atoms with van der Waals surface area (Å²) in [5.74, 6) is -0.0112. The molecule has 14 heavy (non-hydrogen) atoms. The van der Waals surface area contributed by atoms with Crippen LogP contribution in [0.2, 0.25) is 0 Å². The number of nitrogens with zero attached hydrogens (tertiary/aromatic N) is 2. The molecule has 0 bridgehead atoms. The Hall–Kier alpha value is -1.26. The van der Waals surface area contributed by atoms with Crippen LogP contribution in [0.5, 0.6) is 0 Å². The smallest absolute Gasteiger partial charge is 0.319 e. The summed E-state index contributed by atoms with van der Waals surface area (Å²) < 4.78 is 0. The van der Waals surface area contributed by atoms with Crippen molar-refractivity contribution in [1.29, 1.82) is 0 Å². The van der Waals surface area contributed by atoms with E-state index in [1.807, 2.05) is 0 Å². The van der Waals surface area contributed by atoms with Crippen LogP contribution in [-0.2, 0) is 4.79 Å². The highest BCUT2D eigenvalue weighted by molar-refractivity contribution is 5.81. The molecule has 1 rings (SSSR count). The van der Waals surface area contributed by atoms with Gasteiger partial charge in [0.25, 0.3) is 0 Å². The van der Waals surface area contributed by atoms with E-state index in [-0.39, 0.29) is 17.9 Å². The minimum Gasteiger partial charge on any atom is -0.359 e. The van der Waals surface area contributed by atoms with Crippen LogP contribution in [0.15, 0.2) is 0 Å². The molecule has 1 heterocycles. The summed E-state index contributed by atoms with van der Waals surface area (Å²) >= 11 is 0. The molecule has 5 nitrogen and oxygen atoms in total. The zero-order valence-corrected chi connectivity index (χ0v) is 8.91. The largest absolute Gasteiger partial charge is 0.359 e. The number of nitrogens with one attached hydrogen (secondary N) is 1. The minimum absolute atomic E-state index is 0.0172. The van der Waals surface area contributed by atoms with Crippen molar-refractivity contribution in [3.63, 3.8) is 0 Å². The maximum Gasteiger partial charge on any atom is 0.319 e. The van der Waals surface area contributed by atoms with Gasteiger partial charge in [0.2, 0.25) is 5.91 Å². The Morgan fingerprint density at radius 1 is 1.43 bits per heavy atom. The molecule has 0 spiro atoms. The molecule has 0 aromatic heterocycles. The van der Waals surface area contributed by atoms with Gasteiger partial charge in [-0.3, -0.25) is 4.79 Å². The summed E-state index contributed by atoms with van der Waals surface area (Å²) in [5, 5.41) is 2.61.